The van der Waals surface area contributed by atoms with E-state index < -0.39 is 0 Å². The minimum atomic E-state index is 0.909. The average Bonchev–Trinajstić information content (AvgIpc) is 3.51. The third kappa shape index (κ3) is 19.1. The van der Waals surface area contributed by atoms with Gasteiger partial charge in [-0.3, -0.25) is 0 Å². The fourth-order valence-electron chi connectivity index (χ4n) is 8.21. The van der Waals surface area contributed by atoms with Crippen molar-refractivity contribution in [2.75, 3.05) is 0 Å². The van der Waals surface area contributed by atoms with E-state index in [-0.39, 0.29) is 0 Å². The summed E-state index contributed by atoms with van der Waals surface area (Å²) in [5, 5.41) is 0. The van der Waals surface area contributed by atoms with Crippen LogP contribution in [0.1, 0.15) is 236 Å². The van der Waals surface area contributed by atoms with E-state index >= 15 is 0 Å². The predicted octanol–water partition coefficient (Wildman–Crippen LogP) is 17.3. The van der Waals surface area contributed by atoms with E-state index in [1.807, 2.05) is 0 Å². The highest BCUT2D eigenvalue weighted by molar-refractivity contribution is 5.78. The van der Waals surface area contributed by atoms with Gasteiger partial charge in [0.2, 0.25) is 11.4 Å². The Labute approximate surface area is 329 Å². The molecule has 0 N–H and O–H groups in total. The Hall–Kier alpha value is -2.48. The number of aryl methyl sites for hydroxylation is 2. The molecule has 0 aliphatic carbocycles. The van der Waals surface area contributed by atoms with E-state index in [0.29, 0.717) is 0 Å². The van der Waals surface area contributed by atoms with Crippen LogP contribution in [0.3, 0.4) is 0 Å². The Bertz CT molecular complexity index is 1280. The fraction of sp³-hybridized carbons (Fsp3) is 0.686. The fourth-order valence-corrected chi connectivity index (χ4v) is 8.21. The van der Waals surface area contributed by atoms with Gasteiger partial charge in [0.25, 0.3) is 0 Å². The average molecular weight is 723 g/mol. The third-order valence-electron chi connectivity index (χ3n) is 11.7. The molecule has 296 valence electrons. The van der Waals surface area contributed by atoms with Crippen molar-refractivity contribution in [1.29, 1.82) is 0 Å². The zero-order chi connectivity index (χ0) is 37.6. The first kappa shape index (κ1) is 44.9. The molecule has 2 heteroatoms. The van der Waals surface area contributed by atoms with Gasteiger partial charge in [-0.1, -0.05) is 212 Å². The van der Waals surface area contributed by atoms with Gasteiger partial charge in [-0.05, 0) is 73.9 Å². The molecule has 0 amide bonds. The number of rotatable bonds is 34. The van der Waals surface area contributed by atoms with Gasteiger partial charge in [0.05, 0.1) is 0 Å². The van der Waals surface area contributed by atoms with Crippen molar-refractivity contribution >= 4 is 11.4 Å². The summed E-state index contributed by atoms with van der Waals surface area (Å²) in [4.78, 5) is 0. The standard InChI is InChI=1S/C51H82N2/c1-4-7-10-11-12-13-14-15-16-17-18-19-20-21-22-23-24-25-26-27-28-29-30-32-35-45-39-41-47(42-40-45)50-44-49(37-31-8-5-2)51(53(50)52)48-38-33-36-46(43-48)34-9-6-3/h33,36,38-44H,4-32,34-35,37H2,1-3H3. The van der Waals surface area contributed by atoms with E-state index in [4.69, 9.17) is 0 Å². The maximum absolute atomic E-state index is 11.5. The van der Waals surface area contributed by atoms with Crippen molar-refractivity contribution in [3.05, 3.63) is 88.0 Å². The summed E-state index contributed by atoms with van der Waals surface area (Å²) >= 11 is 0. The monoisotopic (exact) mass is 723 g/mol. The maximum Gasteiger partial charge on any atom is 0.210 e. The molecule has 0 unspecified atom stereocenters. The van der Waals surface area contributed by atoms with Crippen LogP contribution in [-0.2, 0) is 12.8 Å². The van der Waals surface area contributed by atoms with Crippen LogP contribution in [-0.4, -0.2) is 4.70 Å². The topological polar surface area (TPSA) is 25.3 Å². The lowest BCUT2D eigenvalue weighted by Crippen LogP contribution is -2.03. The second-order valence-electron chi connectivity index (χ2n) is 16.6. The van der Waals surface area contributed by atoms with Crippen LogP contribution in [0.15, 0.2) is 60.2 Å². The van der Waals surface area contributed by atoms with Crippen LogP contribution in [0, 0.1) is 0 Å². The third-order valence-corrected chi connectivity index (χ3v) is 11.7. The molecule has 2 aromatic carbocycles. The molecular formula is C51H82N2. The molecule has 1 heterocycles. The number of unbranched alkanes of at least 4 members (excludes halogenated alkanes) is 26. The van der Waals surface area contributed by atoms with Crippen LogP contribution < -0.4 is 0 Å². The molecular weight excluding hydrogens is 641 g/mol. The van der Waals surface area contributed by atoms with Gasteiger partial charge in [0, 0.05) is 22.8 Å². The number of allylic oxidation sites excluding steroid dienone is 2. The van der Waals surface area contributed by atoms with E-state index in [1.54, 1.807) is 0 Å². The van der Waals surface area contributed by atoms with Gasteiger partial charge >= 0.3 is 0 Å². The zero-order valence-corrected chi connectivity index (χ0v) is 35.2. The van der Waals surface area contributed by atoms with Gasteiger partial charge in [-0.25, -0.2) is 4.70 Å². The summed E-state index contributed by atoms with van der Waals surface area (Å²) in [7, 11) is 0. The van der Waals surface area contributed by atoms with Crippen molar-refractivity contribution in [2.45, 2.75) is 226 Å². The molecule has 0 saturated carbocycles. The SMILES string of the molecule is CCCCCCCCCCCCCCCCCCCCCCCCCCc1ccc(C2=CC(CCCCC)=C(c3cccc(CCCC)c3)[N+]2=[N-])cc1. The molecule has 1 aliphatic heterocycles. The Morgan fingerprint density at radius 1 is 0.396 bits per heavy atom. The highest BCUT2D eigenvalue weighted by atomic mass is 15.2. The van der Waals surface area contributed by atoms with Gasteiger partial charge in [0.15, 0.2) is 0 Å². The minimum Gasteiger partial charge on any atom is -0.493 e. The lowest BCUT2D eigenvalue weighted by molar-refractivity contribution is -0.344. The van der Waals surface area contributed by atoms with Gasteiger partial charge in [-0.2, -0.15) is 0 Å². The largest absolute Gasteiger partial charge is 0.493 e. The van der Waals surface area contributed by atoms with Gasteiger partial charge in [-0.15, -0.1) is 0 Å². The summed E-state index contributed by atoms with van der Waals surface area (Å²) in [6.07, 6.45) is 45.9. The molecule has 0 saturated heterocycles. The van der Waals surface area contributed by atoms with Crippen LogP contribution in [0.2, 0.25) is 0 Å². The van der Waals surface area contributed by atoms with Crippen molar-refractivity contribution in [3.8, 4) is 0 Å². The molecule has 0 aromatic heterocycles. The molecule has 0 spiro atoms. The summed E-state index contributed by atoms with van der Waals surface area (Å²) in [5.74, 6) is 0. The molecule has 3 rings (SSSR count). The molecule has 0 bridgehead atoms. The van der Waals surface area contributed by atoms with Crippen LogP contribution in [0.4, 0.5) is 0 Å². The minimum absolute atomic E-state index is 0.909. The Morgan fingerprint density at radius 3 is 1.30 bits per heavy atom. The van der Waals surface area contributed by atoms with E-state index in [9.17, 15) is 5.53 Å². The summed E-state index contributed by atoms with van der Waals surface area (Å²) < 4.78 is 1.47. The quantitative estimate of drug-likeness (QED) is 0.0508. The molecule has 53 heavy (non-hydrogen) atoms. The molecule has 0 atom stereocenters. The van der Waals surface area contributed by atoms with E-state index in [2.05, 4.69) is 75.4 Å². The van der Waals surface area contributed by atoms with Crippen molar-refractivity contribution in [1.82, 2.24) is 0 Å². The molecule has 2 nitrogen and oxygen atoms in total. The van der Waals surface area contributed by atoms with Crippen molar-refractivity contribution < 1.29 is 4.70 Å². The first-order valence-electron chi connectivity index (χ1n) is 23.3. The number of nitrogens with zero attached hydrogens (tertiary/aromatic N) is 2. The normalized spacial score (nSPS) is 13.0. The van der Waals surface area contributed by atoms with Gasteiger partial charge < -0.3 is 5.53 Å². The number of benzene rings is 2. The molecule has 0 radical (unpaired) electrons. The molecule has 1 aliphatic rings. The highest BCUT2D eigenvalue weighted by Gasteiger charge is 2.28. The maximum atomic E-state index is 11.5. The van der Waals surface area contributed by atoms with Crippen LogP contribution >= 0.6 is 0 Å². The lowest BCUT2D eigenvalue weighted by Gasteiger charge is -2.11. The number of hydrogen-bond donors (Lipinski definition) is 0. The van der Waals surface area contributed by atoms with Gasteiger partial charge in [0.1, 0.15) is 0 Å². The van der Waals surface area contributed by atoms with Crippen LogP contribution in [0.5, 0.6) is 0 Å². The summed E-state index contributed by atoms with van der Waals surface area (Å²) in [6.45, 7) is 6.81. The summed E-state index contributed by atoms with van der Waals surface area (Å²) in [6, 6.07) is 17.8. The zero-order valence-electron chi connectivity index (χ0n) is 35.2. The highest BCUT2D eigenvalue weighted by Crippen LogP contribution is 2.38. The smallest absolute Gasteiger partial charge is 0.210 e. The van der Waals surface area contributed by atoms with Crippen LogP contribution in [0.25, 0.3) is 16.9 Å². The Balaban J connectivity index is 1.20. The predicted molar refractivity (Wildman–Crippen MR) is 234 cm³/mol. The first-order chi connectivity index (χ1) is 26.2. The lowest BCUT2D eigenvalue weighted by atomic mass is 9.99. The van der Waals surface area contributed by atoms with E-state index in [0.717, 1.165) is 48.2 Å². The summed E-state index contributed by atoms with van der Waals surface area (Å²) in [5.41, 5.74) is 19.7. The van der Waals surface area contributed by atoms with Crippen molar-refractivity contribution in [3.63, 3.8) is 0 Å². The van der Waals surface area contributed by atoms with E-state index in [1.165, 1.54) is 201 Å². The molecule has 2 aromatic rings. The second kappa shape index (κ2) is 29.8. The Kier molecular flexibility index (Phi) is 25.3. The first-order valence-corrected chi connectivity index (χ1v) is 23.3. The number of hydrogen-bond acceptors (Lipinski definition) is 0. The Morgan fingerprint density at radius 2 is 0.811 bits per heavy atom. The second-order valence-corrected chi connectivity index (χ2v) is 16.6. The van der Waals surface area contributed by atoms with Crippen molar-refractivity contribution in [2.24, 2.45) is 0 Å². The molecule has 0 fully saturated rings.